The van der Waals surface area contributed by atoms with Crippen molar-refractivity contribution >= 4 is 11.9 Å². The molecular formula is C27H36N2O6. The largest absolute Gasteiger partial charge is 0.503 e. The van der Waals surface area contributed by atoms with Crippen molar-refractivity contribution < 1.29 is 28.9 Å². The summed E-state index contributed by atoms with van der Waals surface area (Å²) < 4.78 is 17.3. The first kappa shape index (κ1) is 26.5. The Morgan fingerprint density at radius 2 is 2.00 bits per heavy atom. The molecule has 1 aromatic heterocycles. The van der Waals surface area contributed by atoms with Crippen LogP contribution in [0.15, 0.2) is 42.6 Å². The van der Waals surface area contributed by atoms with Gasteiger partial charge in [-0.3, -0.25) is 4.79 Å². The van der Waals surface area contributed by atoms with Crippen LogP contribution in [0, 0.1) is 11.8 Å². The van der Waals surface area contributed by atoms with E-state index < -0.39 is 24.0 Å². The highest BCUT2D eigenvalue weighted by atomic mass is 16.6. The Kier molecular flexibility index (Phi) is 9.48. The molecule has 3 rings (SSSR count). The zero-order valence-electron chi connectivity index (χ0n) is 20.9. The molecule has 4 atom stereocenters. The molecule has 1 aliphatic heterocycles. The van der Waals surface area contributed by atoms with Crippen LogP contribution in [0.3, 0.4) is 0 Å². The van der Waals surface area contributed by atoms with Gasteiger partial charge < -0.3 is 24.6 Å². The highest BCUT2D eigenvalue weighted by molar-refractivity contribution is 5.97. The van der Waals surface area contributed by atoms with Crippen LogP contribution >= 0.6 is 0 Å². The van der Waals surface area contributed by atoms with Crippen LogP contribution in [0.5, 0.6) is 11.5 Å². The number of ether oxygens (including phenoxy) is 3. The number of hydrogen-bond acceptors (Lipinski definition) is 7. The molecule has 1 aromatic carbocycles. The third kappa shape index (κ3) is 7.18. The number of aromatic hydroxyl groups is 1. The Balaban J connectivity index is 1.77. The van der Waals surface area contributed by atoms with Crippen molar-refractivity contribution in [1.29, 1.82) is 0 Å². The summed E-state index contributed by atoms with van der Waals surface area (Å²) in [6.45, 7) is 6.52. The van der Waals surface area contributed by atoms with E-state index in [1.165, 1.54) is 19.4 Å². The number of hydrogen-bond donors (Lipinski definition) is 2. The van der Waals surface area contributed by atoms with Crippen LogP contribution < -0.4 is 10.1 Å². The number of nitrogens with zero attached hydrogens (tertiary/aromatic N) is 1. The highest BCUT2D eigenvalue weighted by Crippen LogP contribution is 2.29. The van der Waals surface area contributed by atoms with Gasteiger partial charge in [-0.1, -0.05) is 50.6 Å². The van der Waals surface area contributed by atoms with Crippen LogP contribution in [0.4, 0.5) is 0 Å². The smallest absolute Gasteiger partial charge is 0.329 e. The first-order chi connectivity index (χ1) is 16.8. The lowest BCUT2D eigenvalue weighted by Crippen LogP contribution is -2.44. The molecule has 1 amide bonds. The summed E-state index contributed by atoms with van der Waals surface area (Å²) in [4.78, 5) is 29.8. The molecule has 2 heterocycles. The fraction of sp³-hybridized carbons (Fsp3) is 0.519. The van der Waals surface area contributed by atoms with Crippen LogP contribution in [-0.4, -0.2) is 53.9 Å². The SMILES string of the molecule is COc1ccnc(C(=O)N[C@H]2CCO[C@H](Cc3ccccc3)[C@@H](CCC(C)C)[C@H](C)OC2=O)c1O. The van der Waals surface area contributed by atoms with E-state index in [0.717, 1.165) is 18.4 Å². The number of carbonyl (C=O) groups excluding carboxylic acids is 2. The van der Waals surface area contributed by atoms with Gasteiger partial charge in [-0.2, -0.15) is 0 Å². The third-order valence-corrected chi connectivity index (χ3v) is 6.39. The molecule has 8 heteroatoms. The molecule has 1 fully saturated rings. The van der Waals surface area contributed by atoms with E-state index in [1.54, 1.807) is 0 Å². The molecule has 0 bridgehead atoms. The Morgan fingerprint density at radius 1 is 1.26 bits per heavy atom. The molecule has 8 nitrogen and oxygen atoms in total. The number of nitrogens with one attached hydrogen (secondary N) is 1. The van der Waals surface area contributed by atoms with Crippen molar-refractivity contribution in [3.8, 4) is 11.5 Å². The van der Waals surface area contributed by atoms with E-state index >= 15 is 0 Å². The molecule has 35 heavy (non-hydrogen) atoms. The number of pyridine rings is 1. The second-order valence-electron chi connectivity index (χ2n) is 9.40. The molecule has 0 saturated carbocycles. The monoisotopic (exact) mass is 484 g/mol. The quantitative estimate of drug-likeness (QED) is 0.547. The number of cyclic esters (lactones) is 1. The van der Waals surface area contributed by atoms with Gasteiger partial charge >= 0.3 is 5.97 Å². The molecular weight excluding hydrogens is 448 g/mol. The summed E-state index contributed by atoms with van der Waals surface area (Å²) in [5.74, 6) is -0.946. The van der Waals surface area contributed by atoms with Crippen molar-refractivity contribution in [1.82, 2.24) is 10.3 Å². The molecule has 2 aromatic rings. The molecule has 0 unspecified atom stereocenters. The van der Waals surface area contributed by atoms with Crippen LogP contribution in [0.1, 0.15) is 56.1 Å². The second kappa shape index (κ2) is 12.5. The number of rotatable bonds is 8. The summed E-state index contributed by atoms with van der Waals surface area (Å²) in [6.07, 6.45) is 3.64. The minimum atomic E-state index is -0.932. The maximum absolute atomic E-state index is 13.1. The van der Waals surface area contributed by atoms with Crippen molar-refractivity contribution in [3.05, 3.63) is 53.9 Å². The van der Waals surface area contributed by atoms with E-state index in [2.05, 4.69) is 36.3 Å². The molecule has 190 valence electrons. The van der Waals surface area contributed by atoms with Crippen molar-refractivity contribution in [2.75, 3.05) is 13.7 Å². The van der Waals surface area contributed by atoms with Gasteiger partial charge in [-0.05, 0) is 31.2 Å². The minimum Gasteiger partial charge on any atom is -0.503 e. The van der Waals surface area contributed by atoms with Gasteiger partial charge in [0.15, 0.2) is 17.2 Å². The van der Waals surface area contributed by atoms with E-state index in [-0.39, 0.29) is 42.2 Å². The standard InChI is InChI=1S/C27H36N2O6/c1-17(2)10-11-20-18(3)35-27(32)21(13-15-34-23(20)16-19-8-6-5-7-9-19)29-26(31)24-25(30)22(33-4)12-14-28-24/h5-9,12,14,17-18,20-21,23,30H,10-11,13,15-16H2,1-4H3,(H,29,31)/t18-,20-,21-,23+/m0/s1. The van der Waals surface area contributed by atoms with Crippen molar-refractivity contribution in [2.45, 2.75) is 64.7 Å². The van der Waals surface area contributed by atoms with Crippen molar-refractivity contribution in [2.24, 2.45) is 11.8 Å². The van der Waals surface area contributed by atoms with Gasteiger partial charge in [0.1, 0.15) is 12.1 Å². The molecule has 1 saturated heterocycles. The number of benzene rings is 1. The molecule has 0 radical (unpaired) electrons. The number of aromatic nitrogens is 1. The fourth-order valence-electron chi connectivity index (χ4n) is 4.36. The molecule has 0 aliphatic carbocycles. The zero-order chi connectivity index (χ0) is 25.4. The van der Waals surface area contributed by atoms with Crippen LogP contribution in [-0.2, 0) is 20.7 Å². The fourth-order valence-corrected chi connectivity index (χ4v) is 4.36. The Morgan fingerprint density at radius 3 is 2.69 bits per heavy atom. The van der Waals surface area contributed by atoms with E-state index in [0.29, 0.717) is 12.3 Å². The van der Waals surface area contributed by atoms with Crippen LogP contribution in [0.25, 0.3) is 0 Å². The summed E-state index contributed by atoms with van der Waals surface area (Å²) in [7, 11) is 1.38. The summed E-state index contributed by atoms with van der Waals surface area (Å²) in [6, 6.07) is 10.6. The van der Waals surface area contributed by atoms with Gasteiger partial charge in [-0.25, -0.2) is 9.78 Å². The van der Waals surface area contributed by atoms with Gasteiger partial charge in [0, 0.05) is 31.2 Å². The first-order valence-corrected chi connectivity index (χ1v) is 12.2. The summed E-state index contributed by atoms with van der Waals surface area (Å²) in [5, 5.41) is 12.9. The van der Waals surface area contributed by atoms with Crippen LogP contribution in [0.2, 0.25) is 0 Å². The maximum atomic E-state index is 13.1. The van der Waals surface area contributed by atoms with E-state index in [4.69, 9.17) is 14.2 Å². The van der Waals surface area contributed by atoms with Crippen molar-refractivity contribution in [3.63, 3.8) is 0 Å². The number of esters is 1. The number of methoxy groups -OCH3 is 1. The number of carbonyl (C=O) groups is 2. The Bertz CT molecular complexity index is 981. The second-order valence-corrected chi connectivity index (χ2v) is 9.40. The number of amides is 1. The molecule has 0 spiro atoms. The molecule has 1 aliphatic rings. The third-order valence-electron chi connectivity index (χ3n) is 6.39. The Hall–Kier alpha value is -3.13. The lowest BCUT2D eigenvalue weighted by atomic mass is 9.86. The Labute approximate surface area is 207 Å². The van der Waals surface area contributed by atoms with Gasteiger partial charge in [0.25, 0.3) is 5.91 Å². The highest BCUT2D eigenvalue weighted by Gasteiger charge is 2.35. The summed E-state index contributed by atoms with van der Waals surface area (Å²) >= 11 is 0. The normalized spacial score (nSPS) is 23.1. The van der Waals surface area contributed by atoms with E-state index in [9.17, 15) is 14.7 Å². The van der Waals surface area contributed by atoms with Gasteiger partial charge in [0.2, 0.25) is 0 Å². The molecule has 2 N–H and O–H groups in total. The first-order valence-electron chi connectivity index (χ1n) is 12.2. The predicted octanol–water partition coefficient (Wildman–Crippen LogP) is 3.91. The maximum Gasteiger partial charge on any atom is 0.329 e. The predicted molar refractivity (Wildman–Crippen MR) is 131 cm³/mol. The summed E-state index contributed by atoms with van der Waals surface area (Å²) in [5.41, 5.74) is 0.942. The van der Waals surface area contributed by atoms with E-state index in [1.807, 2.05) is 25.1 Å². The topological polar surface area (TPSA) is 107 Å². The average molecular weight is 485 g/mol. The lowest BCUT2D eigenvalue weighted by Gasteiger charge is -2.31. The average Bonchev–Trinajstić information content (AvgIpc) is 2.87. The van der Waals surface area contributed by atoms with Gasteiger partial charge in [-0.15, -0.1) is 0 Å². The van der Waals surface area contributed by atoms with Gasteiger partial charge in [0.05, 0.1) is 13.2 Å². The lowest BCUT2D eigenvalue weighted by molar-refractivity contribution is -0.154. The zero-order valence-corrected chi connectivity index (χ0v) is 20.9. The minimum absolute atomic E-state index is 0.0140.